The number of hydrogen-bond acceptors (Lipinski definition) is 4. The molecule has 104 valence electrons. The summed E-state index contributed by atoms with van der Waals surface area (Å²) in [5.41, 5.74) is 2.49. The molecular weight excluding hydrogens is 256 g/mol. The van der Waals surface area contributed by atoms with E-state index in [1.165, 1.54) is 7.11 Å². The summed E-state index contributed by atoms with van der Waals surface area (Å²) in [5, 5.41) is 0. The summed E-state index contributed by atoms with van der Waals surface area (Å²) < 4.78 is 15.2. The highest BCUT2D eigenvalue weighted by atomic mass is 16.5. The molecule has 0 spiro atoms. The van der Waals surface area contributed by atoms with Gasteiger partial charge >= 0.3 is 5.97 Å². The van der Waals surface area contributed by atoms with Crippen LogP contribution in [0.2, 0.25) is 0 Å². The highest BCUT2D eigenvalue weighted by molar-refractivity contribution is 5.90. The molecule has 0 saturated heterocycles. The molecule has 0 bridgehead atoms. The molecule has 0 atom stereocenters. The Morgan fingerprint density at radius 1 is 0.800 bits per heavy atom. The van der Waals surface area contributed by atoms with Crippen LogP contribution in [0.3, 0.4) is 0 Å². The molecule has 0 N–H and O–H groups in total. The summed E-state index contributed by atoms with van der Waals surface area (Å²) in [5.74, 6) is 1.01. The van der Waals surface area contributed by atoms with Crippen LogP contribution in [0.1, 0.15) is 10.4 Å². The maximum atomic E-state index is 11.4. The van der Waals surface area contributed by atoms with Crippen molar-refractivity contribution in [2.75, 3.05) is 21.3 Å². The smallest absolute Gasteiger partial charge is 0.337 e. The van der Waals surface area contributed by atoms with Gasteiger partial charge in [-0.05, 0) is 35.4 Å². The van der Waals surface area contributed by atoms with Crippen LogP contribution >= 0.6 is 0 Å². The van der Waals surface area contributed by atoms with Crippen LogP contribution < -0.4 is 9.47 Å². The zero-order valence-electron chi connectivity index (χ0n) is 11.7. The number of hydrogen-bond donors (Lipinski definition) is 0. The Kier molecular flexibility index (Phi) is 4.25. The van der Waals surface area contributed by atoms with E-state index in [9.17, 15) is 4.79 Å². The molecule has 0 amide bonds. The van der Waals surface area contributed by atoms with Crippen LogP contribution in [-0.4, -0.2) is 27.3 Å². The summed E-state index contributed by atoms with van der Waals surface area (Å²) in [6, 6.07) is 12.9. The van der Waals surface area contributed by atoms with Crippen molar-refractivity contribution in [1.82, 2.24) is 0 Å². The lowest BCUT2D eigenvalue weighted by Crippen LogP contribution is -2.00. The van der Waals surface area contributed by atoms with Gasteiger partial charge in [0.1, 0.15) is 0 Å². The lowest BCUT2D eigenvalue weighted by atomic mass is 10.0. The number of methoxy groups -OCH3 is 3. The fourth-order valence-corrected chi connectivity index (χ4v) is 1.93. The quantitative estimate of drug-likeness (QED) is 0.802. The van der Waals surface area contributed by atoms with E-state index in [0.717, 1.165) is 11.1 Å². The molecule has 0 aromatic heterocycles. The van der Waals surface area contributed by atoms with Gasteiger partial charge < -0.3 is 14.2 Å². The summed E-state index contributed by atoms with van der Waals surface area (Å²) in [6.07, 6.45) is 0. The van der Waals surface area contributed by atoms with Crippen molar-refractivity contribution in [3.8, 4) is 22.6 Å². The molecule has 0 heterocycles. The van der Waals surface area contributed by atoms with Gasteiger partial charge in [-0.2, -0.15) is 0 Å². The largest absolute Gasteiger partial charge is 0.493 e. The Hall–Kier alpha value is -2.49. The number of carbonyl (C=O) groups excluding carboxylic acids is 1. The van der Waals surface area contributed by atoms with E-state index >= 15 is 0 Å². The summed E-state index contributed by atoms with van der Waals surface area (Å²) >= 11 is 0. The first-order chi connectivity index (χ1) is 9.69. The predicted octanol–water partition coefficient (Wildman–Crippen LogP) is 3.16. The van der Waals surface area contributed by atoms with Crippen LogP contribution in [0.4, 0.5) is 0 Å². The molecule has 20 heavy (non-hydrogen) atoms. The van der Waals surface area contributed by atoms with Crippen LogP contribution in [0.25, 0.3) is 11.1 Å². The SMILES string of the molecule is COC(=O)c1ccc(-c2ccc(OC)c(OC)c2)cc1. The van der Waals surface area contributed by atoms with Gasteiger partial charge in [0, 0.05) is 0 Å². The molecule has 4 nitrogen and oxygen atoms in total. The molecule has 0 fully saturated rings. The maximum absolute atomic E-state index is 11.4. The summed E-state index contributed by atoms with van der Waals surface area (Å²) in [7, 11) is 4.56. The normalized spacial score (nSPS) is 9.95. The monoisotopic (exact) mass is 272 g/mol. The lowest BCUT2D eigenvalue weighted by Gasteiger charge is -2.10. The Morgan fingerprint density at radius 3 is 1.95 bits per heavy atom. The predicted molar refractivity (Wildman–Crippen MR) is 76.3 cm³/mol. The van der Waals surface area contributed by atoms with Gasteiger partial charge in [0.15, 0.2) is 11.5 Å². The molecule has 2 rings (SSSR count). The highest BCUT2D eigenvalue weighted by Gasteiger charge is 2.08. The number of ether oxygens (including phenoxy) is 3. The van der Waals surface area contributed by atoms with Crippen LogP contribution in [0.5, 0.6) is 11.5 Å². The van der Waals surface area contributed by atoms with Gasteiger partial charge in [-0.25, -0.2) is 4.79 Å². The van der Waals surface area contributed by atoms with Crippen molar-refractivity contribution in [3.05, 3.63) is 48.0 Å². The minimum atomic E-state index is -0.344. The molecule has 0 radical (unpaired) electrons. The van der Waals surface area contributed by atoms with Gasteiger partial charge in [-0.3, -0.25) is 0 Å². The van der Waals surface area contributed by atoms with Crippen molar-refractivity contribution >= 4 is 5.97 Å². The minimum absolute atomic E-state index is 0.344. The van der Waals surface area contributed by atoms with Crippen LogP contribution in [0, 0.1) is 0 Å². The molecule has 0 aliphatic rings. The number of carbonyl (C=O) groups is 1. The van der Waals surface area contributed by atoms with Gasteiger partial charge in [0.25, 0.3) is 0 Å². The van der Waals surface area contributed by atoms with Crippen molar-refractivity contribution in [1.29, 1.82) is 0 Å². The van der Waals surface area contributed by atoms with Gasteiger partial charge in [-0.1, -0.05) is 18.2 Å². The van der Waals surface area contributed by atoms with Crippen molar-refractivity contribution in [2.45, 2.75) is 0 Å². The second kappa shape index (κ2) is 6.10. The number of esters is 1. The van der Waals surface area contributed by atoms with Gasteiger partial charge in [0.2, 0.25) is 0 Å². The molecule has 2 aromatic rings. The number of rotatable bonds is 4. The fourth-order valence-electron chi connectivity index (χ4n) is 1.93. The van der Waals surface area contributed by atoms with Crippen molar-refractivity contribution in [3.63, 3.8) is 0 Å². The molecule has 2 aromatic carbocycles. The molecular formula is C16H16O4. The third-order valence-corrected chi connectivity index (χ3v) is 3.02. The average Bonchev–Trinajstić information content (AvgIpc) is 2.53. The molecule has 0 aliphatic heterocycles. The molecule has 4 heteroatoms. The Labute approximate surface area is 117 Å². The minimum Gasteiger partial charge on any atom is -0.493 e. The van der Waals surface area contributed by atoms with E-state index in [-0.39, 0.29) is 5.97 Å². The first kappa shape index (κ1) is 13.9. The van der Waals surface area contributed by atoms with Gasteiger partial charge in [-0.15, -0.1) is 0 Å². The maximum Gasteiger partial charge on any atom is 0.337 e. The highest BCUT2D eigenvalue weighted by Crippen LogP contribution is 2.32. The summed E-state index contributed by atoms with van der Waals surface area (Å²) in [6.45, 7) is 0. The number of benzene rings is 2. The van der Waals surface area contributed by atoms with E-state index in [1.54, 1.807) is 26.4 Å². The van der Waals surface area contributed by atoms with Crippen molar-refractivity contribution in [2.24, 2.45) is 0 Å². The zero-order chi connectivity index (χ0) is 14.5. The summed E-state index contributed by atoms with van der Waals surface area (Å²) in [4.78, 5) is 11.4. The molecule has 0 aliphatic carbocycles. The molecule has 0 unspecified atom stereocenters. The Morgan fingerprint density at radius 2 is 1.40 bits per heavy atom. The molecule has 0 saturated carbocycles. The topological polar surface area (TPSA) is 44.8 Å². The van der Waals surface area contributed by atoms with Crippen LogP contribution in [-0.2, 0) is 4.74 Å². The Bertz CT molecular complexity index is 602. The van der Waals surface area contributed by atoms with Crippen molar-refractivity contribution < 1.29 is 19.0 Å². The second-order valence-corrected chi connectivity index (χ2v) is 4.14. The zero-order valence-corrected chi connectivity index (χ0v) is 11.7. The van der Waals surface area contributed by atoms with E-state index < -0.39 is 0 Å². The standard InChI is InChI=1S/C16H16O4/c1-18-14-9-8-13(10-15(14)19-2)11-4-6-12(7-5-11)16(17)20-3/h4-10H,1-3H3. The Balaban J connectivity index is 2.34. The van der Waals surface area contributed by atoms with E-state index in [2.05, 4.69) is 4.74 Å². The third kappa shape index (κ3) is 2.74. The van der Waals surface area contributed by atoms with E-state index in [1.807, 2.05) is 30.3 Å². The lowest BCUT2D eigenvalue weighted by molar-refractivity contribution is 0.0601. The first-order valence-electron chi connectivity index (χ1n) is 6.10. The average molecular weight is 272 g/mol. The third-order valence-electron chi connectivity index (χ3n) is 3.02. The van der Waals surface area contributed by atoms with Crippen LogP contribution in [0.15, 0.2) is 42.5 Å². The fraction of sp³-hybridized carbons (Fsp3) is 0.188. The second-order valence-electron chi connectivity index (χ2n) is 4.14. The first-order valence-corrected chi connectivity index (χ1v) is 6.10. The van der Waals surface area contributed by atoms with E-state index in [0.29, 0.717) is 17.1 Å². The van der Waals surface area contributed by atoms with Gasteiger partial charge in [0.05, 0.1) is 26.9 Å². The van der Waals surface area contributed by atoms with E-state index in [4.69, 9.17) is 9.47 Å².